The Balaban J connectivity index is 2.27. The summed E-state index contributed by atoms with van der Waals surface area (Å²) in [6, 6.07) is 3.71. The molecule has 0 aliphatic heterocycles. The first-order chi connectivity index (χ1) is 6.91. The van der Waals surface area contributed by atoms with E-state index in [-0.39, 0.29) is 0 Å². The van der Waals surface area contributed by atoms with Gasteiger partial charge in [-0.15, -0.1) is 0 Å². The molecule has 0 aromatic carbocycles. The Morgan fingerprint density at radius 2 is 2.13 bits per heavy atom. The lowest BCUT2D eigenvalue weighted by Gasteiger charge is -2.14. The highest BCUT2D eigenvalue weighted by atomic mass is 79.9. The van der Waals surface area contributed by atoms with E-state index < -0.39 is 15.6 Å². The topological polar surface area (TPSA) is 59.1 Å². The molecular formula is C9H11BrN2O2S. The maximum Gasteiger partial charge on any atom is 0.209 e. The number of halogens is 1. The van der Waals surface area contributed by atoms with E-state index in [0.29, 0.717) is 0 Å². The molecule has 0 saturated heterocycles. The van der Waals surface area contributed by atoms with Crippen LogP contribution in [0, 0.1) is 0 Å². The first-order valence-electron chi connectivity index (χ1n) is 4.52. The van der Waals surface area contributed by atoms with Gasteiger partial charge in [-0.3, -0.25) is 4.98 Å². The fraction of sp³-hybridized carbons (Fsp3) is 0.444. The van der Waals surface area contributed by atoms with Gasteiger partial charge < -0.3 is 0 Å². The summed E-state index contributed by atoms with van der Waals surface area (Å²) in [6.07, 6.45) is 4.48. The molecule has 1 fully saturated rings. The number of nitrogens with zero attached hydrogens (tertiary/aromatic N) is 1. The van der Waals surface area contributed by atoms with E-state index in [1.54, 1.807) is 6.20 Å². The van der Waals surface area contributed by atoms with E-state index >= 15 is 0 Å². The molecule has 1 aliphatic carbocycles. The Bertz CT molecular complexity index is 465. The highest BCUT2D eigenvalue weighted by Gasteiger charge is 2.47. The Labute approximate surface area is 97.3 Å². The molecule has 1 N–H and O–H groups in total. The molecule has 1 saturated carbocycles. The molecule has 1 heterocycles. The zero-order valence-electron chi connectivity index (χ0n) is 8.20. The Kier molecular flexibility index (Phi) is 2.60. The quantitative estimate of drug-likeness (QED) is 0.915. The lowest BCUT2D eigenvalue weighted by Crippen LogP contribution is -2.34. The van der Waals surface area contributed by atoms with Crippen LogP contribution in [0.25, 0.3) is 0 Å². The van der Waals surface area contributed by atoms with E-state index in [1.165, 1.54) is 6.26 Å². The van der Waals surface area contributed by atoms with Gasteiger partial charge >= 0.3 is 0 Å². The molecular weight excluding hydrogens is 280 g/mol. The molecule has 82 valence electrons. The predicted octanol–water partition coefficient (Wildman–Crippen LogP) is 1.38. The number of aromatic nitrogens is 1. The van der Waals surface area contributed by atoms with Crippen LogP contribution < -0.4 is 4.72 Å². The number of pyridine rings is 1. The lowest BCUT2D eigenvalue weighted by atomic mass is 10.2. The lowest BCUT2D eigenvalue weighted by molar-refractivity contribution is 0.551. The third-order valence-electron chi connectivity index (χ3n) is 2.35. The van der Waals surface area contributed by atoms with Crippen molar-refractivity contribution in [2.75, 3.05) is 6.26 Å². The minimum atomic E-state index is -3.18. The third-order valence-corrected chi connectivity index (χ3v) is 3.58. The highest BCUT2D eigenvalue weighted by molar-refractivity contribution is 9.10. The second-order valence-electron chi connectivity index (χ2n) is 3.82. The van der Waals surface area contributed by atoms with Crippen LogP contribution in [0.4, 0.5) is 0 Å². The number of nitrogens with one attached hydrogen (secondary N) is 1. The van der Waals surface area contributed by atoms with Crippen LogP contribution in [0.5, 0.6) is 0 Å². The van der Waals surface area contributed by atoms with Crippen molar-refractivity contribution >= 4 is 26.0 Å². The molecule has 15 heavy (non-hydrogen) atoms. The van der Waals surface area contributed by atoms with Gasteiger partial charge in [0.05, 0.1) is 17.5 Å². The van der Waals surface area contributed by atoms with Crippen LogP contribution in [0.1, 0.15) is 18.5 Å². The van der Waals surface area contributed by atoms with Crippen molar-refractivity contribution in [1.82, 2.24) is 9.71 Å². The summed E-state index contributed by atoms with van der Waals surface area (Å²) in [5.74, 6) is 0. The molecule has 1 aromatic rings. The van der Waals surface area contributed by atoms with Crippen molar-refractivity contribution in [2.45, 2.75) is 18.4 Å². The van der Waals surface area contributed by atoms with E-state index in [9.17, 15) is 8.42 Å². The molecule has 0 radical (unpaired) electrons. The van der Waals surface area contributed by atoms with Gasteiger partial charge in [-0.2, -0.15) is 0 Å². The van der Waals surface area contributed by atoms with Crippen molar-refractivity contribution in [2.24, 2.45) is 0 Å². The fourth-order valence-electron chi connectivity index (χ4n) is 1.55. The maximum atomic E-state index is 11.2. The fourth-order valence-corrected chi connectivity index (χ4v) is 2.80. The first kappa shape index (κ1) is 11.0. The van der Waals surface area contributed by atoms with Gasteiger partial charge in [0, 0.05) is 10.7 Å². The van der Waals surface area contributed by atoms with Gasteiger partial charge in [-0.05, 0) is 40.9 Å². The van der Waals surface area contributed by atoms with Gasteiger partial charge in [0.25, 0.3) is 0 Å². The number of hydrogen-bond donors (Lipinski definition) is 1. The van der Waals surface area contributed by atoms with Gasteiger partial charge in [-0.1, -0.05) is 0 Å². The minimum absolute atomic E-state index is 0.450. The van der Waals surface area contributed by atoms with E-state index in [1.807, 2.05) is 12.1 Å². The standard InChI is InChI=1S/C9H11BrN2O2S/c1-15(13,14)12-9(4-5-9)8-3-2-7(10)6-11-8/h2-3,6,12H,4-5H2,1H3. The van der Waals surface area contributed by atoms with Crippen LogP contribution in [0.2, 0.25) is 0 Å². The number of rotatable bonds is 3. The molecule has 6 heteroatoms. The van der Waals surface area contributed by atoms with Gasteiger partial charge in [0.2, 0.25) is 10.0 Å². The first-order valence-corrected chi connectivity index (χ1v) is 7.21. The summed E-state index contributed by atoms with van der Waals surface area (Å²) >= 11 is 3.29. The van der Waals surface area contributed by atoms with E-state index in [4.69, 9.17) is 0 Å². The van der Waals surface area contributed by atoms with Crippen LogP contribution in [0.15, 0.2) is 22.8 Å². The summed E-state index contributed by atoms with van der Waals surface area (Å²) in [4.78, 5) is 4.22. The van der Waals surface area contributed by atoms with Crippen molar-refractivity contribution < 1.29 is 8.42 Å². The van der Waals surface area contributed by atoms with Crippen molar-refractivity contribution in [3.05, 3.63) is 28.5 Å². The van der Waals surface area contributed by atoms with E-state index in [0.717, 1.165) is 23.0 Å². The summed E-state index contributed by atoms with van der Waals surface area (Å²) in [5, 5.41) is 0. The third kappa shape index (κ3) is 2.56. The average Bonchev–Trinajstić information content (AvgIpc) is 2.83. The normalized spacial score (nSPS) is 18.8. The average molecular weight is 291 g/mol. The van der Waals surface area contributed by atoms with E-state index in [2.05, 4.69) is 25.6 Å². The van der Waals surface area contributed by atoms with Gasteiger partial charge in [0.1, 0.15) is 0 Å². The van der Waals surface area contributed by atoms with Crippen molar-refractivity contribution in [1.29, 1.82) is 0 Å². The summed E-state index contributed by atoms with van der Waals surface area (Å²) in [7, 11) is -3.18. The van der Waals surface area contributed by atoms with Crippen LogP contribution >= 0.6 is 15.9 Å². The minimum Gasteiger partial charge on any atom is -0.258 e. The molecule has 1 aliphatic rings. The SMILES string of the molecule is CS(=O)(=O)NC1(c2ccc(Br)cn2)CC1. The monoisotopic (exact) mass is 290 g/mol. The second kappa shape index (κ2) is 3.54. The Morgan fingerprint density at radius 3 is 2.53 bits per heavy atom. The maximum absolute atomic E-state index is 11.2. The smallest absolute Gasteiger partial charge is 0.209 e. The summed E-state index contributed by atoms with van der Waals surface area (Å²) in [6.45, 7) is 0. The zero-order valence-corrected chi connectivity index (χ0v) is 10.6. The molecule has 0 unspecified atom stereocenters. The number of sulfonamides is 1. The molecule has 0 atom stereocenters. The summed E-state index contributed by atoms with van der Waals surface area (Å²) < 4.78 is 25.9. The van der Waals surface area contributed by atoms with Gasteiger partial charge in [0.15, 0.2) is 0 Å². The highest BCUT2D eigenvalue weighted by Crippen LogP contribution is 2.45. The predicted molar refractivity (Wildman–Crippen MR) is 60.8 cm³/mol. The molecule has 4 nitrogen and oxygen atoms in total. The molecule has 0 bridgehead atoms. The molecule has 0 spiro atoms. The molecule has 1 aromatic heterocycles. The Hall–Kier alpha value is -0.460. The van der Waals surface area contributed by atoms with Crippen molar-refractivity contribution in [3.63, 3.8) is 0 Å². The molecule has 0 amide bonds. The zero-order chi connectivity index (χ0) is 11.1. The number of hydrogen-bond acceptors (Lipinski definition) is 3. The van der Waals surface area contributed by atoms with Crippen LogP contribution in [0.3, 0.4) is 0 Å². The Morgan fingerprint density at radius 1 is 1.47 bits per heavy atom. The van der Waals surface area contributed by atoms with Gasteiger partial charge in [-0.25, -0.2) is 13.1 Å². The largest absolute Gasteiger partial charge is 0.258 e. The van der Waals surface area contributed by atoms with Crippen LogP contribution in [-0.4, -0.2) is 19.7 Å². The van der Waals surface area contributed by atoms with Crippen LogP contribution in [-0.2, 0) is 15.6 Å². The second-order valence-corrected chi connectivity index (χ2v) is 6.48. The summed E-state index contributed by atoms with van der Waals surface area (Å²) in [5.41, 5.74) is 0.338. The molecule has 2 rings (SSSR count). The van der Waals surface area contributed by atoms with Crippen molar-refractivity contribution in [3.8, 4) is 0 Å².